The van der Waals surface area contributed by atoms with E-state index in [2.05, 4.69) is 18.7 Å². The van der Waals surface area contributed by atoms with E-state index in [1.165, 1.54) is 11.8 Å². The van der Waals surface area contributed by atoms with Crippen molar-refractivity contribution in [1.82, 2.24) is 0 Å². The summed E-state index contributed by atoms with van der Waals surface area (Å²) in [5.74, 6) is 0. The SMILES string of the molecule is C=COC(C)(C)/C=C/c1ccccc1. The first-order valence-corrected chi connectivity index (χ1v) is 4.67. The molecule has 0 radical (unpaired) electrons. The molecule has 0 amide bonds. The van der Waals surface area contributed by atoms with Gasteiger partial charge in [-0.15, -0.1) is 0 Å². The molecule has 74 valence electrons. The highest BCUT2D eigenvalue weighted by atomic mass is 16.5. The van der Waals surface area contributed by atoms with Gasteiger partial charge in [0.1, 0.15) is 5.60 Å². The molecule has 0 unspecified atom stereocenters. The molecule has 0 aliphatic carbocycles. The van der Waals surface area contributed by atoms with Crippen LogP contribution in [-0.2, 0) is 4.74 Å². The van der Waals surface area contributed by atoms with Crippen LogP contribution in [0.5, 0.6) is 0 Å². The summed E-state index contributed by atoms with van der Waals surface area (Å²) in [7, 11) is 0. The summed E-state index contributed by atoms with van der Waals surface area (Å²) in [6, 6.07) is 10.1. The second kappa shape index (κ2) is 4.66. The Balaban J connectivity index is 2.68. The molecule has 1 aromatic rings. The van der Waals surface area contributed by atoms with E-state index in [-0.39, 0.29) is 5.60 Å². The number of ether oxygens (including phenoxy) is 1. The van der Waals surface area contributed by atoms with Crippen molar-refractivity contribution in [3.63, 3.8) is 0 Å². The molecule has 14 heavy (non-hydrogen) atoms. The first kappa shape index (κ1) is 10.6. The van der Waals surface area contributed by atoms with Gasteiger partial charge >= 0.3 is 0 Å². The first-order valence-electron chi connectivity index (χ1n) is 4.67. The molecular weight excluding hydrogens is 172 g/mol. The molecule has 1 heteroatoms. The Hall–Kier alpha value is -1.50. The van der Waals surface area contributed by atoms with E-state index in [1.54, 1.807) is 0 Å². The molecule has 1 nitrogen and oxygen atoms in total. The monoisotopic (exact) mass is 188 g/mol. The van der Waals surface area contributed by atoms with Crippen LogP contribution in [-0.4, -0.2) is 5.60 Å². The average Bonchev–Trinajstić information content (AvgIpc) is 2.17. The van der Waals surface area contributed by atoms with Crippen LogP contribution >= 0.6 is 0 Å². The maximum atomic E-state index is 5.33. The third-order valence-electron chi connectivity index (χ3n) is 1.86. The van der Waals surface area contributed by atoms with Crippen molar-refractivity contribution < 1.29 is 4.74 Å². The third kappa shape index (κ3) is 3.48. The topological polar surface area (TPSA) is 9.23 Å². The van der Waals surface area contributed by atoms with Gasteiger partial charge in [-0.2, -0.15) is 0 Å². The van der Waals surface area contributed by atoms with Gasteiger partial charge in [0.25, 0.3) is 0 Å². The molecule has 0 fully saturated rings. The highest BCUT2D eigenvalue weighted by Crippen LogP contribution is 2.13. The minimum absolute atomic E-state index is 0.294. The summed E-state index contributed by atoms with van der Waals surface area (Å²) in [6.07, 6.45) is 5.53. The minimum Gasteiger partial charge on any atom is -0.492 e. The largest absolute Gasteiger partial charge is 0.492 e. The van der Waals surface area contributed by atoms with Crippen LogP contribution in [0, 0.1) is 0 Å². The highest BCUT2D eigenvalue weighted by molar-refractivity contribution is 5.49. The second-order valence-corrected chi connectivity index (χ2v) is 3.63. The molecule has 0 atom stereocenters. The highest BCUT2D eigenvalue weighted by Gasteiger charge is 2.11. The normalized spacial score (nSPS) is 11.6. The van der Waals surface area contributed by atoms with Crippen molar-refractivity contribution >= 4 is 6.08 Å². The standard InChI is InChI=1S/C13H16O/c1-4-14-13(2,3)11-10-12-8-6-5-7-9-12/h4-11H,1H2,2-3H3/b11-10+. The van der Waals surface area contributed by atoms with E-state index in [0.29, 0.717) is 0 Å². The summed E-state index contributed by atoms with van der Waals surface area (Å²) in [4.78, 5) is 0. The van der Waals surface area contributed by atoms with Gasteiger partial charge in [0.2, 0.25) is 0 Å². The lowest BCUT2D eigenvalue weighted by atomic mass is 10.1. The fraction of sp³-hybridized carbons (Fsp3) is 0.231. The van der Waals surface area contributed by atoms with Crippen molar-refractivity contribution in [2.45, 2.75) is 19.4 Å². The molecule has 0 aliphatic heterocycles. The molecule has 0 aliphatic rings. The van der Waals surface area contributed by atoms with Gasteiger partial charge in [0.15, 0.2) is 0 Å². The molecule has 0 bridgehead atoms. The van der Waals surface area contributed by atoms with Crippen LogP contribution in [0.2, 0.25) is 0 Å². The Morgan fingerprint density at radius 2 is 1.86 bits per heavy atom. The Labute approximate surface area is 85.7 Å². The zero-order chi connectivity index (χ0) is 10.4. The fourth-order valence-corrected chi connectivity index (χ4v) is 1.12. The maximum absolute atomic E-state index is 5.33. The van der Waals surface area contributed by atoms with Crippen LogP contribution in [0.4, 0.5) is 0 Å². The van der Waals surface area contributed by atoms with Gasteiger partial charge in [-0.1, -0.05) is 43.0 Å². The lowest BCUT2D eigenvalue weighted by Crippen LogP contribution is -2.17. The second-order valence-electron chi connectivity index (χ2n) is 3.63. The van der Waals surface area contributed by atoms with Crippen LogP contribution in [0.15, 0.2) is 49.2 Å². The third-order valence-corrected chi connectivity index (χ3v) is 1.86. The number of hydrogen-bond donors (Lipinski definition) is 0. The minimum atomic E-state index is -0.294. The van der Waals surface area contributed by atoms with E-state index >= 15 is 0 Å². The van der Waals surface area contributed by atoms with Gasteiger partial charge in [-0.25, -0.2) is 0 Å². The summed E-state index contributed by atoms with van der Waals surface area (Å²) in [6.45, 7) is 7.53. The van der Waals surface area contributed by atoms with Crippen molar-refractivity contribution in [3.8, 4) is 0 Å². The molecule has 0 saturated heterocycles. The Bertz CT molecular complexity index is 309. The quantitative estimate of drug-likeness (QED) is 0.655. The lowest BCUT2D eigenvalue weighted by molar-refractivity contribution is 0.107. The van der Waals surface area contributed by atoms with Crippen molar-refractivity contribution in [2.75, 3.05) is 0 Å². The van der Waals surface area contributed by atoms with Gasteiger partial charge < -0.3 is 4.74 Å². The molecule has 0 aromatic heterocycles. The van der Waals surface area contributed by atoms with Crippen LogP contribution in [0.25, 0.3) is 6.08 Å². The van der Waals surface area contributed by atoms with E-state index in [4.69, 9.17) is 4.74 Å². The first-order chi connectivity index (χ1) is 6.64. The van der Waals surface area contributed by atoms with Crippen molar-refractivity contribution in [3.05, 3.63) is 54.8 Å². The van der Waals surface area contributed by atoms with E-state index in [9.17, 15) is 0 Å². The predicted molar refractivity (Wildman–Crippen MR) is 60.8 cm³/mol. The Morgan fingerprint density at radius 3 is 2.43 bits per heavy atom. The fourth-order valence-electron chi connectivity index (χ4n) is 1.12. The Morgan fingerprint density at radius 1 is 1.21 bits per heavy atom. The van der Waals surface area contributed by atoms with E-state index < -0.39 is 0 Å². The smallest absolute Gasteiger partial charge is 0.121 e. The number of benzene rings is 1. The summed E-state index contributed by atoms with van der Waals surface area (Å²) in [5.41, 5.74) is 0.880. The van der Waals surface area contributed by atoms with Gasteiger partial charge in [0, 0.05) is 0 Å². The van der Waals surface area contributed by atoms with Crippen LogP contribution < -0.4 is 0 Å². The number of rotatable bonds is 4. The van der Waals surface area contributed by atoms with E-state index in [0.717, 1.165) is 0 Å². The maximum Gasteiger partial charge on any atom is 0.121 e. The molecular formula is C13H16O. The zero-order valence-corrected chi connectivity index (χ0v) is 8.73. The molecule has 0 saturated carbocycles. The van der Waals surface area contributed by atoms with Crippen molar-refractivity contribution in [2.24, 2.45) is 0 Å². The lowest BCUT2D eigenvalue weighted by Gasteiger charge is -2.19. The van der Waals surface area contributed by atoms with E-state index in [1.807, 2.05) is 44.2 Å². The van der Waals surface area contributed by atoms with Gasteiger partial charge in [-0.05, 0) is 25.5 Å². The molecule has 0 N–H and O–H groups in total. The summed E-state index contributed by atoms with van der Waals surface area (Å²) < 4.78 is 5.33. The van der Waals surface area contributed by atoms with Crippen LogP contribution in [0.1, 0.15) is 19.4 Å². The molecule has 0 spiro atoms. The Kier molecular flexibility index (Phi) is 3.52. The predicted octanol–water partition coefficient (Wildman–Crippen LogP) is 3.64. The number of hydrogen-bond acceptors (Lipinski definition) is 1. The van der Waals surface area contributed by atoms with Crippen molar-refractivity contribution in [1.29, 1.82) is 0 Å². The zero-order valence-electron chi connectivity index (χ0n) is 8.73. The van der Waals surface area contributed by atoms with Crippen LogP contribution in [0.3, 0.4) is 0 Å². The summed E-state index contributed by atoms with van der Waals surface area (Å²) in [5, 5.41) is 0. The summed E-state index contributed by atoms with van der Waals surface area (Å²) >= 11 is 0. The molecule has 1 aromatic carbocycles. The van der Waals surface area contributed by atoms with Gasteiger partial charge in [0.05, 0.1) is 6.26 Å². The average molecular weight is 188 g/mol. The molecule has 0 heterocycles. The molecule has 1 rings (SSSR count). The van der Waals surface area contributed by atoms with Gasteiger partial charge in [-0.3, -0.25) is 0 Å².